The van der Waals surface area contributed by atoms with Gasteiger partial charge in [0.15, 0.2) is 0 Å². The molecule has 0 saturated carbocycles. The lowest BCUT2D eigenvalue weighted by Crippen LogP contribution is -2.37. The van der Waals surface area contributed by atoms with Gasteiger partial charge in [-0.2, -0.15) is 0 Å². The average molecular weight is 265 g/mol. The molecule has 1 aromatic heterocycles. The minimum Gasteiger partial charge on any atom is -0.463 e. The van der Waals surface area contributed by atoms with Crippen molar-refractivity contribution < 1.29 is 14.6 Å². The molecule has 0 aromatic carbocycles. The third-order valence-electron chi connectivity index (χ3n) is 3.55. The first kappa shape index (κ1) is 13.7. The van der Waals surface area contributed by atoms with Gasteiger partial charge in [-0.3, -0.25) is 0 Å². The number of piperidine rings is 1. The summed E-state index contributed by atoms with van der Waals surface area (Å²) in [6.45, 7) is 3.49. The number of anilines is 1. The molecule has 1 N–H and O–H groups in total. The fourth-order valence-corrected chi connectivity index (χ4v) is 2.33. The molecule has 104 valence electrons. The highest BCUT2D eigenvalue weighted by molar-refractivity contribution is 5.85. The molecule has 1 fully saturated rings. The number of carbonyl (C=O) groups is 1. The van der Waals surface area contributed by atoms with E-state index in [1.165, 1.54) is 7.11 Å². The zero-order valence-corrected chi connectivity index (χ0v) is 11.2. The minimum absolute atomic E-state index is 0.0812. The maximum absolute atomic E-state index is 11.4. The van der Waals surface area contributed by atoms with Crippen LogP contribution in [0.25, 0.3) is 0 Å². The molecule has 2 heterocycles. The van der Waals surface area contributed by atoms with Crippen LogP contribution in [0.1, 0.15) is 30.4 Å². The first-order valence-corrected chi connectivity index (χ1v) is 6.46. The van der Waals surface area contributed by atoms with E-state index < -0.39 is 5.97 Å². The molecule has 0 bridgehead atoms. The highest BCUT2D eigenvalue weighted by Crippen LogP contribution is 2.23. The summed E-state index contributed by atoms with van der Waals surface area (Å²) in [7, 11) is 1.31. The van der Waals surface area contributed by atoms with Crippen LogP contribution in [0.2, 0.25) is 0 Å². The third kappa shape index (κ3) is 3.20. The zero-order chi connectivity index (χ0) is 13.8. The lowest BCUT2D eigenvalue weighted by molar-refractivity contribution is 0.0586. The second-order valence-electron chi connectivity index (χ2n) is 4.80. The van der Waals surface area contributed by atoms with Gasteiger partial charge >= 0.3 is 5.97 Å². The van der Waals surface area contributed by atoms with Crippen LogP contribution >= 0.6 is 0 Å². The highest BCUT2D eigenvalue weighted by Gasteiger charge is 2.24. The van der Waals surface area contributed by atoms with Crippen molar-refractivity contribution in [3.8, 4) is 0 Å². The molecule has 0 aliphatic carbocycles. The maximum atomic E-state index is 11.4. The van der Waals surface area contributed by atoms with E-state index in [1.807, 2.05) is 6.92 Å². The fraction of sp³-hybridized carbons (Fsp3) is 0.615. The molecule has 1 atom stereocenters. The Kier molecular flexibility index (Phi) is 4.31. The predicted molar refractivity (Wildman–Crippen MR) is 70.0 cm³/mol. The monoisotopic (exact) mass is 265 g/mol. The predicted octanol–water partition coefficient (Wildman–Crippen LogP) is 0.860. The van der Waals surface area contributed by atoms with E-state index >= 15 is 0 Å². The van der Waals surface area contributed by atoms with Gasteiger partial charge in [-0.05, 0) is 31.7 Å². The summed E-state index contributed by atoms with van der Waals surface area (Å²) in [6.07, 6.45) is 3.15. The van der Waals surface area contributed by atoms with Crippen LogP contribution in [-0.4, -0.2) is 47.3 Å². The number of ether oxygens (including phenoxy) is 1. The molecular weight excluding hydrogens is 246 g/mol. The van der Waals surface area contributed by atoms with Crippen molar-refractivity contribution >= 4 is 11.8 Å². The van der Waals surface area contributed by atoms with Gasteiger partial charge in [0.1, 0.15) is 5.82 Å². The lowest BCUT2D eigenvalue weighted by Gasteiger charge is -2.33. The van der Waals surface area contributed by atoms with E-state index in [-0.39, 0.29) is 11.9 Å². The quantitative estimate of drug-likeness (QED) is 0.817. The van der Waals surface area contributed by atoms with Crippen LogP contribution in [0.3, 0.4) is 0 Å². The SMILES string of the molecule is COC(=O)c1nccc(N2CCC(C(C)O)CC2)n1. The number of hydrogen-bond donors (Lipinski definition) is 1. The smallest absolute Gasteiger partial charge is 0.376 e. The Morgan fingerprint density at radius 3 is 2.79 bits per heavy atom. The molecule has 6 heteroatoms. The van der Waals surface area contributed by atoms with Crippen molar-refractivity contribution in [3.63, 3.8) is 0 Å². The number of aliphatic hydroxyl groups is 1. The van der Waals surface area contributed by atoms with Crippen molar-refractivity contribution in [2.75, 3.05) is 25.1 Å². The van der Waals surface area contributed by atoms with Crippen LogP contribution < -0.4 is 4.90 Å². The first-order chi connectivity index (χ1) is 9.11. The number of carbonyl (C=O) groups excluding carboxylic acids is 1. The van der Waals surface area contributed by atoms with Gasteiger partial charge in [0, 0.05) is 19.3 Å². The Labute approximate surface area is 112 Å². The molecule has 1 aliphatic rings. The molecule has 1 saturated heterocycles. The number of aliphatic hydroxyl groups excluding tert-OH is 1. The number of methoxy groups -OCH3 is 1. The fourth-order valence-electron chi connectivity index (χ4n) is 2.33. The summed E-state index contributed by atoms with van der Waals surface area (Å²) in [5, 5.41) is 9.58. The van der Waals surface area contributed by atoms with Gasteiger partial charge < -0.3 is 14.7 Å². The van der Waals surface area contributed by atoms with E-state index in [0.717, 1.165) is 31.7 Å². The number of nitrogens with zero attached hydrogens (tertiary/aromatic N) is 3. The molecule has 1 aromatic rings. The van der Waals surface area contributed by atoms with E-state index in [9.17, 15) is 9.90 Å². The van der Waals surface area contributed by atoms with Crippen molar-refractivity contribution in [1.82, 2.24) is 9.97 Å². The van der Waals surface area contributed by atoms with Gasteiger partial charge in [0.2, 0.25) is 5.82 Å². The van der Waals surface area contributed by atoms with Crippen molar-refractivity contribution in [2.45, 2.75) is 25.9 Å². The van der Waals surface area contributed by atoms with Crippen LogP contribution in [0.15, 0.2) is 12.3 Å². The summed E-state index contributed by atoms with van der Waals surface area (Å²) >= 11 is 0. The Morgan fingerprint density at radius 1 is 1.53 bits per heavy atom. The number of esters is 1. The van der Waals surface area contributed by atoms with Gasteiger partial charge in [0.05, 0.1) is 13.2 Å². The number of rotatable bonds is 3. The van der Waals surface area contributed by atoms with Gasteiger partial charge in [0.25, 0.3) is 0 Å². The third-order valence-corrected chi connectivity index (χ3v) is 3.55. The summed E-state index contributed by atoms with van der Waals surface area (Å²) in [6, 6.07) is 1.79. The van der Waals surface area contributed by atoms with Crippen molar-refractivity contribution in [2.24, 2.45) is 5.92 Å². The van der Waals surface area contributed by atoms with Crippen LogP contribution in [0.5, 0.6) is 0 Å². The Bertz CT molecular complexity index is 443. The van der Waals surface area contributed by atoms with Gasteiger partial charge in [-0.15, -0.1) is 0 Å². The topological polar surface area (TPSA) is 75.5 Å². The summed E-state index contributed by atoms with van der Waals surface area (Å²) < 4.78 is 4.61. The average Bonchev–Trinajstić information content (AvgIpc) is 2.46. The number of hydrogen-bond acceptors (Lipinski definition) is 6. The van der Waals surface area contributed by atoms with Crippen LogP contribution in [-0.2, 0) is 4.74 Å². The Hall–Kier alpha value is -1.69. The van der Waals surface area contributed by atoms with Crippen molar-refractivity contribution in [3.05, 3.63) is 18.1 Å². The molecule has 1 unspecified atom stereocenters. The van der Waals surface area contributed by atoms with Crippen molar-refractivity contribution in [1.29, 1.82) is 0 Å². The standard InChI is InChI=1S/C13H19N3O3/c1-9(17)10-4-7-16(8-5-10)11-3-6-14-12(15-11)13(18)19-2/h3,6,9-10,17H,4-5,7-8H2,1-2H3. The molecule has 0 amide bonds. The summed E-state index contributed by atoms with van der Waals surface area (Å²) in [5.41, 5.74) is 0. The van der Waals surface area contributed by atoms with Gasteiger partial charge in [-0.25, -0.2) is 14.8 Å². The van der Waals surface area contributed by atoms with E-state index in [0.29, 0.717) is 5.92 Å². The first-order valence-electron chi connectivity index (χ1n) is 6.46. The van der Waals surface area contributed by atoms with E-state index in [1.54, 1.807) is 12.3 Å². The maximum Gasteiger partial charge on any atom is 0.376 e. The normalized spacial score (nSPS) is 18.2. The Balaban J connectivity index is 2.05. The molecule has 0 radical (unpaired) electrons. The number of aromatic nitrogens is 2. The lowest BCUT2D eigenvalue weighted by atomic mass is 9.92. The van der Waals surface area contributed by atoms with E-state index in [4.69, 9.17) is 0 Å². The molecule has 6 nitrogen and oxygen atoms in total. The second kappa shape index (κ2) is 5.97. The largest absolute Gasteiger partial charge is 0.463 e. The summed E-state index contributed by atoms with van der Waals surface area (Å²) in [5.74, 6) is 0.635. The molecular formula is C13H19N3O3. The highest BCUT2D eigenvalue weighted by atomic mass is 16.5. The van der Waals surface area contributed by atoms with E-state index in [2.05, 4.69) is 19.6 Å². The zero-order valence-electron chi connectivity index (χ0n) is 11.2. The minimum atomic E-state index is -0.527. The van der Waals surface area contributed by atoms with Gasteiger partial charge in [-0.1, -0.05) is 0 Å². The molecule has 1 aliphatic heterocycles. The van der Waals surface area contributed by atoms with Crippen LogP contribution in [0, 0.1) is 5.92 Å². The van der Waals surface area contributed by atoms with Crippen LogP contribution in [0.4, 0.5) is 5.82 Å². The molecule has 19 heavy (non-hydrogen) atoms. The summed E-state index contributed by atoms with van der Waals surface area (Å²) in [4.78, 5) is 21.6. The molecule has 2 rings (SSSR count). The Morgan fingerprint density at radius 2 is 2.21 bits per heavy atom. The molecule has 0 spiro atoms. The second-order valence-corrected chi connectivity index (χ2v) is 4.80.